The summed E-state index contributed by atoms with van der Waals surface area (Å²) in [6.45, 7) is 4.83. The van der Waals surface area contributed by atoms with Gasteiger partial charge in [0.05, 0.1) is 0 Å². The summed E-state index contributed by atoms with van der Waals surface area (Å²) in [4.78, 5) is 0. The van der Waals surface area contributed by atoms with Crippen molar-refractivity contribution in [2.75, 3.05) is 5.32 Å². The molecule has 0 saturated heterocycles. The summed E-state index contributed by atoms with van der Waals surface area (Å²) in [5, 5.41) is 3.38. The van der Waals surface area contributed by atoms with Gasteiger partial charge < -0.3 is 11.1 Å². The van der Waals surface area contributed by atoms with Crippen molar-refractivity contribution in [1.82, 2.24) is 0 Å². The second kappa shape index (κ2) is 5.02. The van der Waals surface area contributed by atoms with Crippen molar-refractivity contribution in [3.05, 3.63) is 59.2 Å². The van der Waals surface area contributed by atoms with E-state index in [0.29, 0.717) is 6.54 Å². The predicted octanol–water partition coefficient (Wildman–Crippen LogP) is 3.51. The maximum Gasteiger partial charge on any atom is 0.0387 e. The van der Waals surface area contributed by atoms with E-state index < -0.39 is 0 Å². The Morgan fingerprint density at radius 3 is 2.12 bits per heavy atom. The van der Waals surface area contributed by atoms with Gasteiger partial charge in [-0.05, 0) is 54.8 Å². The predicted molar refractivity (Wildman–Crippen MR) is 73.5 cm³/mol. The molecule has 0 bridgehead atoms. The summed E-state index contributed by atoms with van der Waals surface area (Å²) in [5.41, 5.74) is 11.5. The minimum atomic E-state index is 0.587. The van der Waals surface area contributed by atoms with Gasteiger partial charge in [-0.25, -0.2) is 0 Å². The van der Waals surface area contributed by atoms with Gasteiger partial charge in [0.1, 0.15) is 0 Å². The molecule has 2 nitrogen and oxygen atoms in total. The normalized spacial score (nSPS) is 10.3. The molecule has 0 aliphatic rings. The molecule has 0 aliphatic carbocycles. The highest BCUT2D eigenvalue weighted by Gasteiger charge is 1.97. The molecule has 2 aromatic rings. The Morgan fingerprint density at radius 2 is 1.53 bits per heavy atom. The minimum absolute atomic E-state index is 0.587. The molecule has 0 unspecified atom stereocenters. The van der Waals surface area contributed by atoms with Crippen molar-refractivity contribution in [2.45, 2.75) is 20.4 Å². The lowest BCUT2D eigenvalue weighted by molar-refractivity contribution is 1.07. The van der Waals surface area contributed by atoms with Crippen molar-refractivity contribution in [2.24, 2.45) is 5.73 Å². The number of benzene rings is 2. The molecule has 0 heterocycles. The van der Waals surface area contributed by atoms with E-state index in [0.717, 1.165) is 16.9 Å². The Bertz CT molecular complexity index is 501. The van der Waals surface area contributed by atoms with Crippen LogP contribution in [0.25, 0.3) is 0 Å². The van der Waals surface area contributed by atoms with Crippen molar-refractivity contribution in [3.63, 3.8) is 0 Å². The van der Waals surface area contributed by atoms with Crippen molar-refractivity contribution in [1.29, 1.82) is 0 Å². The standard InChI is InChI=1S/C15H18N2/c1-11-3-6-15(9-12(11)2)17-14-7-4-13(10-16)5-8-14/h3-9,17H,10,16H2,1-2H3. The fraction of sp³-hybridized carbons (Fsp3) is 0.200. The Balaban J connectivity index is 2.16. The van der Waals surface area contributed by atoms with Crippen LogP contribution in [0.3, 0.4) is 0 Å². The Hall–Kier alpha value is -1.80. The molecule has 0 aliphatic heterocycles. The molecule has 0 amide bonds. The highest BCUT2D eigenvalue weighted by Crippen LogP contribution is 2.19. The highest BCUT2D eigenvalue weighted by atomic mass is 14.9. The van der Waals surface area contributed by atoms with Gasteiger partial charge in [-0.1, -0.05) is 18.2 Å². The van der Waals surface area contributed by atoms with E-state index in [4.69, 9.17) is 5.73 Å². The molecule has 2 rings (SSSR count). The van der Waals surface area contributed by atoms with Crippen LogP contribution in [0.5, 0.6) is 0 Å². The van der Waals surface area contributed by atoms with E-state index in [-0.39, 0.29) is 0 Å². The summed E-state index contributed by atoms with van der Waals surface area (Å²) in [6.07, 6.45) is 0. The van der Waals surface area contributed by atoms with Crippen LogP contribution >= 0.6 is 0 Å². The Labute approximate surface area is 102 Å². The van der Waals surface area contributed by atoms with Gasteiger partial charge >= 0.3 is 0 Å². The molecule has 0 aromatic heterocycles. The van der Waals surface area contributed by atoms with Crippen molar-refractivity contribution < 1.29 is 0 Å². The zero-order valence-corrected chi connectivity index (χ0v) is 10.3. The molecule has 88 valence electrons. The van der Waals surface area contributed by atoms with Gasteiger partial charge in [-0.2, -0.15) is 0 Å². The molecule has 3 N–H and O–H groups in total. The topological polar surface area (TPSA) is 38.0 Å². The summed E-state index contributed by atoms with van der Waals surface area (Å²) in [5.74, 6) is 0. The van der Waals surface area contributed by atoms with Crippen LogP contribution in [-0.4, -0.2) is 0 Å². The number of hydrogen-bond donors (Lipinski definition) is 2. The third-order valence-electron chi connectivity index (χ3n) is 2.99. The van der Waals surface area contributed by atoms with E-state index in [2.05, 4.69) is 49.5 Å². The third kappa shape index (κ3) is 2.86. The smallest absolute Gasteiger partial charge is 0.0387 e. The fourth-order valence-corrected chi connectivity index (χ4v) is 1.71. The first-order valence-corrected chi connectivity index (χ1v) is 5.82. The van der Waals surface area contributed by atoms with Crippen LogP contribution in [-0.2, 0) is 6.54 Å². The van der Waals surface area contributed by atoms with Gasteiger partial charge in [0.15, 0.2) is 0 Å². The van der Waals surface area contributed by atoms with Crippen LogP contribution in [0.2, 0.25) is 0 Å². The largest absolute Gasteiger partial charge is 0.356 e. The van der Waals surface area contributed by atoms with Gasteiger partial charge in [0, 0.05) is 17.9 Å². The number of nitrogens with two attached hydrogens (primary N) is 1. The van der Waals surface area contributed by atoms with E-state index in [1.807, 2.05) is 12.1 Å². The average Bonchev–Trinajstić information content (AvgIpc) is 2.35. The van der Waals surface area contributed by atoms with E-state index in [1.165, 1.54) is 11.1 Å². The molecule has 17 heavy (non-hydrogen) atoms. The number of rotatable bonds is 3. The highest BCUT2D eigenvalue weighted by molar-refractivity contribution is 5.61. The first kappa shape index (κ1) is 11.7. The number of anilines is 2. The number of hydrogen-bond acceptors (Lipinski definition) is 2. The lowest BCUT2D eigenvalue weighted by Gasteiger charge is -2.09. The maximum absolute atomic E-state index is 5.57. The first-order valence-electron chi connectivity index (χ1n) is 5.82. The van der Waals surface area contributed by atoms with Crippen molar-refractivity contribution in [3.8, 4) is 0 Å². The zero-order chi connectivity index (χ0) is 12.3. The molecular weight excluding hydrogens is 208 g/mol. The molecule has 2 aromatic carbocycles. The van der Waals surface area contributed by atoms with Crippen LogP contribution in [0.1, 0.15) is 16.7 Å². The quantitative estimate of drug-likeness (QED) is 0.840. The number of nitrogens with one attached hydrogen (secondary N) is 1. The second-order valence-corrected chi connectivity index (χ2v) is 4.33. The van der Waals surface area contributed by atoms with Crippen LogP contribution < -0.4 is 11.1 Å². The van der Waals surface area contributed by atoms with Crippen LogP contribution in [0, 0.1) is 13.8 Å². The summed E-state index contributed by atoms with van der Waals surface area (Å²) >= 11 is 0. The summed E-state index contributed by atoms with van der Waals surface area (Å²) in [7, 11) is 0. The maximum atomic E-state index is 5.57. The van der Waals surface area contributed by atoms with Gasteiger partial charge in [-0.3, -0.25) is 0 Å². The SMILES string of the molecule is Cc1ccc(Nc2ccc(CN)cc2)cc1C. The molecule has 0 saturated carbocycles. The number of aryl methyl sites for hydroxylation is 2. The van der Waals surface area contributed by atoms with Gasteiger partial charge in [0.2, 0.25) is 0 Å². The molecule has 0 fully saturated rings. The second-order valence-electron chi connectivity index (χ2n) is 4.33. The Morgan fingerprint density at radius 1 is 0.882 bits per heavy atom. The van der Waals surface area contributed by atoms with E-state index in [9.17, 15) is 0 Å². The molecule has 2 heteroatoms. The lowest BCUT2D eigenvalue weighted by atomic mass is 10.1. The molecule has 0 radical (unpaired) electrons. The third-order valence-corrected chi connectivity index (χ3v) is 2.99. The van der Waals surface area contributed by atoms with Crippen molar-refractivity contribution >= 4 is 11.4 Å². The summed E-state index contributed by atoms with van der Waals surface area (Å²) in [6, 6.07) is 14.6. The van der Waals surface area contributed by atoms with Crippen LogP contribution in [0.15, 0.2) is 42.5 Å². The average molecular weight is 226 g/mol. The zero-order valence-electron chi connectivity index (χ0n) is 10.3. The Kier molecular flexibility index (Phi) is 3.45. The first-order chi connectivity index (χ1) is 8.19. The molecule has 0 atom stereocenters. The molecule has 0 spiro atoms. The van der Waals surface area contributed by atoms with Gasteiger partial charge in [0.25, 0.3) is 0 Å². The van der Waals surface area contributed by atoms with Crippen LogP contribution in [0.4, 0.5) is 11.4 Å². The fourth-order valence-electron chi connectivity index (χ4n) is 1.71. The van der Waals surface area contributed by atoms with E-state index >= 15 is 0 Å². The van der Waals surface area contributed by atoms with E-state index in [1.54, 1.807) is 0 Å². The summed E-state index contributed by atoms with van der Waals surface area (Å²) < 4.78 is 0. The molecular formula is C15H18N2. The minimum Gasteiger partial charge on any atom is -0.356 e. The lowest BCUT2D eigenvalue weighted by Crippen LogP contribution is -1.96. The van der Waals surface area contributed by atoms with Gasteiger partial charge in [-0.15, -0.1) is 0 Å². The monoisotopic (exact) mass is 226 g/mol.